The van der Waals surface area contributed by atoms with Crippen LogP contribution in [0, 0.1) is 12.8 Å². The lowest BCUT2D eigenvalue weighted by Crippen LogP contribution is -2.37. The van der Waals surface area contributed by atoms with E-state index in [0.29, 0.717) is 17.9 Å². The third kappa shape index (κ3) is 6.73. The first-order valence-electron chi connectivity index (χ1n) is 14.0. The molecule has 35 heavy (non-hydrogen) atoms. The number of hydrogen-bond donors (Lipinski definition) is 3. The molecule has 0 amide bonds. The van der Waals surface area contributed by atoms with E-state index in [4.69, 9.17) is 9.97 Å². The summed E-state index contributed by atoms with van der Waals surface area (Å²) < 4.78 is 0. The number of piperidine rings is 1. The maximum Gasteiger partial charge on any atom is 0.229 e. The number of aliphatic hydroxyl groups excluding tert-OH is 1. The van der Waals surface area contributed by atoms with Gasteiger partial charge in [-0.2, -0.15) is 4.98 Å². The highest BCUT2D eigenvalue weighted by molar-refractivity contribution is 5.57. The van der Waals surface area contributed by atoms with Gasteiger partial charge in [-0.3, -0.25) is 0 Å². The molecular formula is C29H43N5O. The highest BCUT2D eigenvalue weighted by atomic mass is 16.3. The van der Waals surface area contributed by atoms with Gasteiger partial charge in [-0.15, -0.1) is 0 Å². The van der Waals surface area contributed by atoms with Crippen LogP contribution in [0.2, 0.25) is 0 Å². The van der Waals surface area contributed by atoms with Crippen LogP contribution in [0.3, 0.4) is 0 Å². The third-order valence-electron chi connectivity index (χ3n) is 8.40. The van der Waals surface area contributed by atoms with E-state index in [-0.39, 0.29) is 6.10 Å². The second-order valence-corrected chi connectivity index (χ2v) is 11.2. The number of likely N-dealkylation sites (tertiary alicyclic amines) is 1. The number of benzene rings is 1. The van der Waals surface area contributed by atoms with E-state index in [1.165, 1.54) is 75.7 Å². The van der Waals surface area contributed by atoms with Crippen LogP contribution in [0.1, 0.15) is 87.7 Å². The fraction of sp³-hybridized carbons (Fsp3) is 0.655. The van der Waals surface area contributed by atoms with Crippen molar-refractivity contribution in [3.63, 3.8) is 0 Å². The smallest absolute Gasteiger partial charge is 0.229 e. The maximum absolute atomic E-state index is 9.96. The van der Waals surface area contributed by atoms with Crippen molar-refractivity contribution in [3.8, 4) is 0 Å². The summed E-state index contributed by atoms with van der Waals surface area (Å²) in [6.45, 7) is 5.75. The minimum atomic E-state index is -0.148. The van der Waals surface area contributed by atoms with Crippen LogP contribution in [0.4, 0.5) is 17.5 Å². The Hall–Kier alpha value is -2.18. The molecule has 2 aromatic rings. The Morgan fingerprint density at radius 1 is 0.971 bits per heavy atom. The average molecular weight is 478 g/mol. The molecule has 0 bridgehead atoms. The molecule has 1 aliphatic heterocycles. The van der Waals surface area contributed by atoms with E-state index in [9.17, 15) is 5.11 Å². The highest BCUT2D eigenvalue weighted by Gasteiger charge is 2.27. The number of aromatic nitrogens is 2. The summed E-state index contributed by atoms with van der Waals surface area (Å²) in [4.78, 5) is 12.4. The summed E-state index contributed by atoms with van der Waals surface area (Å²) in [6.07, 6.45) is 15.1. The largest absolute Gasteiger partial charge is 0.393 e. The van der Waals surface area contributed by atoms with Crippen LogP contribution >= 0.6 is 0 Å². The molecule has 2 aliphatic carbocycles. The zero-order chi connectivity index (χ0) is 24.0. The summed E-state index contributed by atoms with van der Waals surface area (Å²) in [6, 6.07) is 8.70. The van der Waals surface area contributed by atoms with Crippen LogP contribution in [-0.4, -0.2) is 51.8 Å². The van der Waals surface area contributed by atoms with Crippen molar-refractivity contribution in [1.29, 1.82) is 0 Å². The molecule has 5 rings (SSSR count). The number of nitrogens with zero attached hydrogens (tertiary/aromatic N) is 3. The van der Waals surface area contributed by atoms with E-state index in [0.717, 1.165) is 43.1 Å². The van der Waals surface area contributed by atoms with Gasteiger partial charge in [0, 0.05) is 30.0 Å². The number of nitrogens with one attached hydrogen (secondary N) is 2. The summed E-state index contributed by atoms with van der Waals surface area (Å²) in [5.74, 6) is 3.05. The van der Waals surface area contributed by atoms with Crippen molar-refractivity contribution >= 4 is 17.5 Å². The van der Waals surface area contributed by atoms with Gasteiger partial charge in [0.25, 0.3) is 0 Å². The lowest BCUT2D eigenvalue weighted by atomic mass is 9.86. The molecule has 1 aromatic heterocycles. The second kappa shape index (κ2) is 11.7. The molecule has 6 nitrogen and oxygen atoms in total. The maximum atomic E-state index is 9.96. The first-order valence-corrected chi connectivity index (χ1v) is 14.0. The average Bonchev–Trinajstić information content (AvgIpc) is 2.87. The van der Waals surface area contributed by atoms with E-state index >= 15 is 0 Å². The van der Waals surface area contributed by atoms with Gasteiger partial charge in [-0.25, -0.2) is 4.98 Å². The van der Waals surface area contributed by atoms with Crippen LogP contribution in [-0.2, 0) is 0 Å². The minimum Gasteiger partial charge on any atom is -0.393 e. The Morgan fingerprint density at radius 3 is 2.49 bits per heavy atom. The molecule has 0 atom stereocenters. The molecule has 1 aromatic carbocycles. The quantitative estimate of drug-likeness (QED) is 0.454. The fourth-order valence-electron chi connectivity index (χ4n) is 6.29. The molecular weight excluding hydrogens is 434 g/mol. The predicted octanol–water partition coefficient (Wildman–Crippen LogP) is 6.00. The summed E-state index contributed by atoms with van der Waals surface area (Å²) >= 11 is 0. The van der Waals surface area contributed by atoms with E-state index in [2.05, 4.69) is 52.9 Å². The van der Waals surface area contributed by atoms with Crippen LogP contribution in [0.15, 0.2) is 30.5 Å². The molecule has 190 valence electrons. The number of hydrogen-bond acceptors (Lipinski definition) is 6. The molecule has 6 heteroatoms. The summed E-state index contributed by atoms with van der Waals surface area (Å²) in [5.41, 5.74) is 3.49. The fourth-order valence-corrected chi connectivity index (χ4v) is 6.29. The Bertz CT molecular complexity index is 944. The standard InChI is InChI=1S/C29H43N5O/c1-21-6-5-9-25(18-21)32-29-30-19-27(28(33-29)31-24-10-12-26(35)13-11-24)23-14-16-34(17-15-23)20-22-7-3-2-4-8-22/h5-6,9,18-19,22-24,26,35H,2-4,7-8,10-17,20H2,1H3,(H2,30,31,32,33). The Kier molecular flexibility index (Phi) is 8.20. The normalized spacial score (nSPS) is 24.9. The Balaban J connectivity index is 1.28. The molecule has 3 aliphatic rings. The molecule has 2 heterocycles. The van der Waals surface area contributed by atoms with Gasteiger partial charge in [0.2, 0.25) is 5.95 Å². The Morgan fingerprint density at radius 2 is 1.74 bits per heavy atom. The zero-order valence-corrected chi connectivity index (χ0v) is 21.4. The van der Waals surface area contributed by atoms with Gasteiger partial charge in [-0.05, 0) is 101 Å². The van der Waals surface area contributed by atoms with Crippen molar-refractivity contribution in [2.24, 2.45) is 5.92 Å². The number of aliphatic hydroxyl groups is 1. The van der Waals surface area contributed by atoms with Crippen LogP contribution < -0.4 is 10.6 Å². The van der Waals surface area contributed by atoms with Gasteiger partial charge in [0.15, 0.2) is 0 Å². The van der Waals surface area contributed by atoms with E-state index in [1.807, 2.05) is 0 Å². The van der Waals surface area contributed by atoms with Gasteiger partial charge < -0.3 is 20.6 Å². The summed E-state index contributed by atoms with van der Waals surface area (Å²) in [5, 5.41) is 17.1. The first-order chi connectivity index (χ1) is 17.1. The number of aryl methyl sites for hydroxylation is 1. The predicted molar refractivity (Wildman–Crippen MR) is 143 cm³/mol. The van der Waals surface area contributed by atoms with Gasteiger partial charge in [0.05, 0.1) is 6.10 Å². The van der Waals surface area contributed by atoms with Crippen molar-refractivity contribution < 1.29 is 5.11 Å². The monoisotopic (exact) mass is 477 g/mol. The lowest BCUT2D eigenvalue weighted by molar-refractivity contribution is 0.126. The molecule has 0 radical (unpaired) electrons. The lowest BCUT2D eigenvalue weighted by Gasteiger charge is -2.36. The SMILES string of the molecule is Cc1cccc(Nc2ncc(C3CCN(CC4CCCCC4)CC3)c(NC3CCC(O)CC3)n2)c1. The van der Waals surface area contributed by atoms with Crippen molar-refractivity contribution in [3.05, 3.63) is 41.6 Å². The molecule has 3 fully saturated rings. The van der Waals surface area contributed by atoms with E-state index in [1.54, 1.807) is 0 Å². The van der Waals surface area contributed by atoms with Gasteiger partial charge in [0.1, 0.15) is 5.82 Å². The van der Waals surface area contributed by atoms with Crippen LogP contribution in [0.25, 0.3) is 0 Å². The van der Waals surface area contributed by atoms with Crippen molar-refractivity contribution in [2.75, 3.05) is 30.3 Å². The van der Waals surface area contributed by atoms with E-state index < -0.39 is 0 Å². The van der Waals surface area contributed by atoms with Crippen molar-refractivity contribution in [2.45, 2.75) is 95.6 Å². The van der Waals surface area contributed by atoms with Gasteiger partial charge in [-0.1, -0.05) is 31.4 Å². The summed E-state index contributed by atoms with van der Waals surface area (Å²) in [7, 11) is 0. The second-order valence-electron chi connectivity index (χ2n) is 11.2. The third-order valence-corrected chi connectivity index (χ3v) is 8.40. The highest BCUT2D eigenvalue weighted by Crippen LogP contribution is 2.35. The Labute approximate surface area is 210 Å². The zero-order valence-electron chi connectivity index (χ0n) is 21.4. The van der Waals surface area contributed by atoms with Crippen molar-refractivity contribution in [1.82, 2.24) is 14.9 Å². The molecule has 3 N–H and O–H groups in total. The molecule has 0 spiro atoms. The van der Waals surface area contributed by atoms with Crippen LogP contribution in [0.5, 0.6) is 0 Å². The molecule has 1 saturated heterocycles. The number of rotatable bonds is 7. The van der Waals surface area contributed by atoms with Gasteiger partial charge >= 0.3 is 0 Å². The minimum absolute atomic E-state index is 0.148. The topological polar surface area (TPSA) is 73.3 Å². The molecule has 0 unspecified atom stereocenters. The number of anilines is 3. The molecule has 2 saturated carbocycles. The first kappa shape index (κ1) is 24.5.